The van der Waals surface area contributed by atoms with Crippen molar-refractivity contribution in [2.24, 2.45) is 0 Å². The van der Waals surface area contributed by atoms with E-state index in [2.05, 4.69) is 15.4 Å². The molecule has 1 aliphatic rings. The third-order valence-electron chi connectivity index (χ3n) is 4.90. The van der Waals surface area contributed by atoms with Gasteiger partial charge >= 0.3 is 0 Å². The summed E-state index contributed by atoms with van der Waals surface area (Å²) in [6.07, 6.45) is 0.729. The van der Waals surface area contributed by atoms with E-state index >= 15 is 0 Å². The number of halogens is 1. The van der Waals surface area contributed by atoms with Crippen LogP contribution in [0.4, 0.5) is 4.39 Å². The fourth-order valence-corrected chi connectivity index (χ4v) is 3.34. The summed E-state index contributed by atoms with van der Waals surface area (Å²) in [6, 6.07) is 9.67. The number of hydrogen-bond acceptors (Lipinski definition) is 6. The van der Waals surface area contributed by atoms with Gasteiger partial charge in [0, 0.05) is 18.7 Å². The lowest BCUT2D eigenvalue weighted by atomic mass is 9.98. The molecule has 0 saturated carbocycles. The average molecular weight is 397 g/mol. The van der Waals surface area contributed by atoms with E-state index in [0.29, 0.717) is 36.0 Å². The maximum atomic E-state index is 13.1. The molecule has 0 bridgehead atoms. The molecule has 0 atom stereocenters. The first kappa shape index (κ1) is 18.9. The minimum absolute atomic E-state index is 0.0170. The highest BCUT2D eigenvalue weighted by Gasteiger charge is 2.23. The number of hydrogen-bond donors (Lipinski definition) is 0. The zero-order valence-corrected chi connectivity index (χ0v) is 16.1. The highest BCUT2D eigenvalue weighted by atomic mass is 19.1. The second-order valence-corrected chi connectivity index (χ2v) is 6.69. The van der Waals surface area contributed by atoms with Crippen molar-refractivity contribution in [1.29, 1.82) is 0 Å². The summed E-state index contributed by atoms with van der Waals surface area (Å²) >= 11 is 0. The zero-order valence-electron chi connectivity index (χ0n) is 16.1. The first-order chi connectivity index (χ1) is 14.1. The lowest BCUT2D eigenvalue weighted by Gasteiger charge is -2.29. The predicted molar refractivity (Wildman–Crippen MR) is 102 cm³/mol. The molecule has 150 valence electrons. The molecule has 29 heavy (non-hydrogen) atoms. The first-order valence-corrected chi connectivity index (χ1v) is 9.12. The summed E-state index contributed by atoms with van der Waals surface area (Å²) in [7, 11) is 3.19. The van der Waals surface area contributed by atoms with E-state index in [-0.39, 0.29) is 18.3 Å². The van der Waals surface area contributed by atoms with E-state index < -0.39 is 0 Å². The smallest absolute Gasteiger partial charge is 0.246 e. The van der Waals surface area contributed by atoms with Crippen LogP contribution in [0.15, 0.2) is 36.4 Å². The molecule has 2 aromatic carbocycles. The first-order valence-electron chi connectivity index (χ1n) is 9.12. The van der Waals surface area contributed by atoms with Crippen molar-refractivity contribution in [1.82, 2.24) is 25.1 Å². The molecule has 1 aliphatic heterocycles. The minimum Gasteiger partial charge on any atom is -0.493 e. The van der Waals surface area contributed by atoms with Gasteiger partial charge in [0.15, 0.2) is 11.5 Å². The van der Waals surface area contributed by atoms with Gasteiger partial charge < -0.3 is 14.4 Å². The van der Waals surface area contributed by atoms with Gasteiger partial charge in [-0.05, 0) is 59.2 Å². The van der Waals surface area contributed by atoms with Gasteiger partial charge in [-0.3, -0.25) is 4.79 Å². The van der Waals surface area contributed by atoms with E-state index in [0.717, 1.165) is 17.5 Å². The summed E-state index contributed by atoms with van der Waals surface area (Å²) in [5, 5.41) is 12.1. The molecule has 3 aromatic rings. The number of carbonyl (C=O) groups is 1. The molecule has 0 aliphatic carbocycles. The minimum atomic E-state index is -0.337. The molecule has 0 unspecified atom stereocenters. The summed E-state index contributed by atoms with van der Waals surface area (Å²) < 4.78 is 23.8. The van der Waals surface area contributed by atoms with Crippen LogP contribution < -0.4 is 9.47 Å². The van der Waals surface area contributed by atoms with Crippen molar-refractivity contribution in [2.45, 2.75) is 19.5 Å². The van der Waals surface area contributed by atoms with Crippen LogP contribution in [0.2, 0.25) is 0 Å². The van der Waals surface area contributed by atoms with Crippen molar-refractivity contribution >= 4 is 5.91 Å². The van der Waals surface area contributed by atoms with Gasteiger partial charge in [-0.25, -0.2) is 4.39 Å². The fraction of sp³-hybridized carbons (Fsp3) is 0.300. The molecule has 0 saturated heterocycles. The van der Waals surface area contributed by atoms with Crippen molar-refractivity contribution in [3.63, 3.8) is 0 Å². The molecular formula is C20H20FN5O3. The third-order valence-corrected chi connectivity index (χ3v) is 4.90. The van der Waals surface area contributed by atoms with Crippen LogP contribution in [0.3, 0.4) is 0 Å². The topological polar surface area (TPSA) is 82.4 Å². The van der Waals surface area contributed by atoms with E-state index in [4.69, 9.17) is 9.47 Å². The number of tetrazole rings is 1. The summed E-state index contributed by atoms with van der Waals surface area (Å²) in [5.74, 6) is 1.23. The van der Waals surface area contributed by atoms with Crippen LogP contribution in [0.25, 0.3) is 11.4 Å². The molecule has 1 amide bonds. The molecule has 0 fully saturated rings. The maximum absolute atomic E-state index is 13.1. The Bertz CT molecular complexity index is 1040. The Kier molecular flexibility index (Phi) is 5.11. The van der Waals surface area contributed by atoms with E-state index in [1.165, 1.54) is 16.9 Å². The summed E-state index contributed by atoms with van der Waals surface area (Å²) in [5.41, 5.74) is 2.81. The van der Waals surface area contributed by atoms with Gasteiger partial charge in [0.1, 0.15) is 12.4 Å². The van der Waals surface area contributed by atoms with Crippen LogP contribution in [-0.2, 0) is 24.3 Å². The van der Waals surface area contributed by atoms with Gasteiger partial charge in [-0.1, -0.05) is 0 Å². The third kappa shape index (κ3) is 3.89. The van der Waals surface area contributed by atoms with Crippen LogP contribution in [-0.4, -0.2) is 51.8 Å². The molecule has 0 N–H and O–H groups in total. The Balaban J connectivity index is 1.45. The second kappa shape index (κ2) is 7.86. The predicted octanol–water partition coefficient (Wildman–Crippen LogP) is 2.08. The normalized spacial score (nSPS) is 13.1. The fourth-order valence-electron chi connectivity index (χ4n) is 3.34. The number of ether oxygens (including phenoxy) is 2. The molecule has 8 nitrogen and oxygen atoms in total. The second-order valence-electron chi connectivity index (χ2n) is 6.69. The van der Waals surface area contributed by atoms with Gasteiger partial charge in [0.25, 0.3) is 0 Å². The van der Waals surface area contributed by atoms with Crippen LogP contribution in [0.5, 0.6) is 11.5 Å². The Hall–Kier alpha value is -3.49. The van der Waals surface area contributed by atoms with Gasteiger partial charge in [-0.2, -0.15) is 4.80 Å². The van der Waals surface area contributed by atoms with Crippen LogP contribution in [0.1, 0.15) is 11.1 Å². The van der Waals surface area contributed by atoms with E-state index in [1.54, 1.807) is 31.3 Å². The Labute approximate surface area is 166 Å². The number of carbonyl (C=O) groups excluding carboxylic acids is 1. The SMILES string of the molecule is COc1cc2c(cc1OC)CN(C(=O)Cn1nnc(-c3ccc(F)cc3)n1)CC2. The summed E-state index contributed by atoms with van der Waals surface area (Å²) in [4.78, 5) is 15.8. The Morgan fingerprint density at radius 3 is 2.48 bits per heavy atom. The molecule has 0 radical (unpaired) electrons. The number of aromatic nitrogens is 4. The van der Waals surface area contributed by atoms with Gasteiger partial charge in [-0.15, -0.1) is 10.2 Å². The number of nitrogens with zero attached hydrogens (tertiary/aromatic N) is 5. The average Bonchev–Trinajstić information content (AvgIpc) is 3.21. The van der Waals surface area contributed by atoms with Crippen LogP contribution >= 0.6 is 0 Å². The largest absolute Gasteiger partial charge is 0.493 e. The zero-order chi connectivity index (χ0) is 20.4. The van der Waals surface area contributed by atoms with Crippen molar-refractivity contribution in [2.75, 3.05) is 20.8 Å². The standard InChI is InChI=1S/C20H20FN5O3/c1-28-17-9-14-7-8-25(11-15(14)10-18(17)29-2)19(27)12-26-23-20(22-24-26)13-3-5-16(21)6-4-13/h3-6,9-10H,7-8,11-12H2,1-2H3. The Morgan fingerprint density at radius 1 is 1.10 bits per heavy atom. The molecule has 4 rings (SSSR count). The van der Waals surface area contributed by atoms with Crippen LogP contribution in [0, 0.1) is 5.82 Å². The highest BCUT2D eigenvalue weighted by molar-refractivity contribution is 5.76. The quantitative estimate of drug-likeness (QED) is 0.656. The number of benzene rings is 2. The number of methoxy groups -OCH3 is 2. The number of amides is 1. The number of rotatable bonds is 5. The monoisotopic (exact) mass is 397 g/mol. The highest BCUT2D eigenvalue weighted by Crippen LogP contribution is 2.33. The number of fused-ring (bicyclic) bond motifs is 1. The van der Waals surface area contributed by atoms with E-state index in [9.17, 15) is 9.18 Å². The maximum Gasteiger partial charge on any atom is 0.246 e. The Morgan fingerprint density at radius 2 is 1.79 bits per heavy atom. The van der Waals surface area contributed by atoms with Crippen molar-refractivity contribution < 1.29 is 18.7 Å². The molecule has 2 heterocycles. The molecule has 9 heteroatoms. The van der Waals surface area contributed by atoms with E-state index in [1.807, 2.05) is 12.1 Å². The van der Waals surface area contributed by atoms with Gasteiger partial charge in [0.2, 0.25) is 11.7 Å². The molecule has 0 spiro atoms. The molecule has 1 aromatic heterocycles. The molecular weight excluding hydrogens is 377 g/mol. The van der Waals surface area contributed by atoms with Crippen molar-refractivity contribution in [3.8, 4) is 22.9 Å². The van der Waals surface area contributed by atoms with Crippen molar-refractivity contribution in [3.05, 3.63) is 53.3 Å². The lowest BCUT2D eigenvalue weighted by Crippen LogP contribution is -2.38. The lowest BCUT2D eigenvalue weighted by molar-refractivity contribution is -0.133. The summed E-state index contributed by atoms with van der Waals surface area (Å²) in [6.45, 7) is 1.06. The van der Waals surface area contributed by atoms with Gasteiger partial charge in [0.05, 0.1) is 14.2 Å².